The zero-order valence-electron chi connectivity index (χ0n) is 6.06. The molecule has 56 valence electrons. The molecule has 0 bridgehead atoms. The standard InChI is InChI=1S/C4H12O2Si4/c5-3-7-1-8-4(6)10-2-9-3/h1-2,7-10H2. The van der Waals surface area contributed by atoms with Gasteiger partial charge in [0.05, 0.1) is 48.1 Å². The third kappa shape index (κ3) is 2.86. The van der Waals surface area contributed by atoms with E-state index in [0.717, 1.165) is 11.3 Å². The molecule has 1 aliphatic rings. The van der Waals surface area contributed by atoms with E-state index in [0.29, 0.717) is 10.1 Å². The van der Waals surface area contributed by atoms with Gasteiger partial charge < -0.3 is 9.59 Å². The zero-order chi connectivity index (χ0) is 7.40. The molecule has 0 unspecified atom stereocenters. The summed E-state index contributed by atoms with van der Waals surface area (Å²) in [7, 11) is -1.48. The smallest absolute Gasteiger partial charge is 0.0909 e. The van der Waals surface area contributed by atoms with Gasteiger partial charge in [-0.15, -0.1) is 0 Å². The largest absolute Gasteiger partial charge is 0.312 e. The van der Waals surface area contributed by atoms with Crippen molar-refractivity contribution in [2.75, 3.05) is 0 Å². The molecule has 1 aliphatic heterocycles. The maximum absolute atomic E-state index is 11.0. The SMILES string of the molecule is O=C1[SiH2]C[SiH2]C(=O)[SiH2]C[SiH2]1. The van der Waals surface area contributed by atoms with Crippen molar-refractivity contribution in [1.29, 1.82) is 0 Å². The van der Waals surface area contributed by atoms with Crippen LogP contribution in [0.4, 0.5) is 9.59 Å². The van der Waals surface area contributed by atoms with E-state index in [2.05, 4.69) is 0 Å². The first-order valence-electron chi connectivity index (χ1n) is 3.82. The quantitative estimate of drug-likeness (QED) is 0.415. The Morgan fingerprint density at radius 1 is 0.800 bits per heavy atom. The summed E-state index contributed by atoms with van der Waals surface area (Å²) in [5.74, 6) is 0. The first kappa shape index (κ1) is 8.31. The molecule has 0 radical (unpaired) electrons. The maximum Gasteiger partial charge on any atom is 0.0909 e. The molecule has 0 N–H and O–H groups in total. The summed E-state index contributed by atoms with van der Waals surface area (Å²) in [4.78, 5) is 22.0. The molecule has 1 rings (SSSR count). The van der Waals surface area contributed by atoms with Gasteiger partial charge in [0, 0.05) is 0 Å². The van der Waals surface area contributed by atoms with Crippen LogP contribution in [0, 0.1) is 0 Å². The van der Waals surface area contributed by atoms with Gasteiger partial charge in [-0.1, -0.05) is 11.3 Å². The summed E-state index contributed by atoms with van der Waals surface area (Å²) < 4.78 is 0. The first-order valence-corrected chi connectivity index (χ1v) is 10.7. The van der Waals surface area contributed by atoms with E-state index >= 15 is 0 Å². The van der Waals surface area contributed by atoms with Crippen LogP contribution in [0.15, 0.2) is 0 Å². The number of hydrogen-bond donors (Lipinski definition) is 0. The van der Waals surface area contributed by atoms with Crippen LogP contribution in [-0.2, 0) is 0 Å². The van der Waals surface area contributed by atoms with Crippen LogP contribution in [0.5, 0.6) is 0 Å². The third-order valence-electron chi connectivity index (χ3n) is 1.82. The first-order chi connectivity index (χ1) is 4.79. The predicted molar refractivity (Wildman–Crippen MR) is 54.6 cm³/mol. The fraction of sp³-hybridized carbons (Fsp3) is 0.500. The molecule has 6 heteroatoms. The molecular formula is C4H12O2Si4. The number of hydrogen-bond acceptors (Lipinski definition) is 2. The summed E-state index contributed by atoms with van der Waals surface area (Å²) in [5, 5.41) is 1.35. The Kier molecular flexibility index (Phi) is 3.46. The van der Waals surface area contributed by atoms with Crippen molar-refractivity contribution in [3.8, 4) is 0 Å². The van der Waals surface area contributed by atoms with Crippen LogP contribution in [-0.4, -0.2) is 48.1 Å². The van der Waals surface area contributed by atoms with Gasteiger partial charge in [-0.3, -0.25) is 0 Å². The highest BCUT2D eigenvalue weighted by atomic mass is 28.3. The molecule has 0 saturated carbocycles. The Bertz CT molecular complexity index is 127. The van der Waals surface area contributed by atoms with Crippen LogP contribution in [0.1, 0.15) is 0 Å². The monoisotopic (exact) mass is 204 g/mol. The van der Waals surface area contributed by atoms with Crippen molar-refractivity contribution in [2.45, 2.75) is 11.3 Å². The van der Waals surface area contributed by atoms with E-state index in [1.165, 1.54) is 0 Å². The van der Waals surface area contributed by atoms with E-state index < -0.39 is 0 Å². The molecule has 10 heavy (non-hydrogen) atoms. The van der Waals surface area contributed by atoms with Gasteiger partial charge in [-0.2, -0.15) is 0 Å². The minimum absolute atomic E-state index is 0.370. The fourth-order valence-electron chi connectivity index (χ4n) is 1.22. The van der Waals surface area contributed by atoms with Crippen molar-refractivity contribution in [2.24, 2.45) is 0 Å². The van der Waals surface area contributed by atoms with Crippen molar-refractivity contribution >= 4 is 48.1 Å². The molecule has 2 nitrogen and oxygen atoms in total. The van der Waals surface area contributed by atoms with E-state index in [-0.39, 0.29) is 38.1 Å². The molecule has 0 aromatic carbocycles. The molecule has 0 aromatic heterocycles. The lowest BCUT2D eigenvalue weighted by atomic mass is 11.7. The number of carbonyl (C=O) groups excluding carboxylic acids is 2. The minimum atomic E-state index is -0.370. The van der Waals surface area contributed by atoms with Crippen LogP contribution < -0.4 is 0 Å². The van der Waals surface area contributed by atoms with Crippen LogP contribution in [0.2, 0.25) is 11.3 Å². The van der Waals surface area contributed by atoms with Gasteiger partial charge in [-0.25, -0.2) is 0 Å². The van der Waals surface area contributed by atoms with E-state index in [9.17, 15) is 9.59 Å². The topological polar surface area (TPSA) is 34.1 Å². The summed E-state index contributed by atoms with van der Waals surface area (Å²) in [6, 6.07) is 0. The Morgan fingerprint density at radius 3 is 1.40 bits per heavy atom. The summed E-state index contributed by atoms with van der Waals surface area (Å²) >= 11 is 0. The average molecular weight is 204 g/mol. The number of rotatable bonds is 0. The second kappa shape index (κ2) is 4.16. The molecule has 0 aromatic rings. The van der Waals surface area contributed by atoms with Crippen molar-refractivity contribution < 1.29 is 9.59 Å². The normalized spacial score (nSPS) is 31.6. The van der Waals surface area contributed by atoms with Gasteiger partial charge >= 0.3 is 0 Å². The lowest BCUT2D eigenvalue weighted by Gasteiger charge is -2.03. The molecule has 0 spiro atoms. The molecule has 1 heterocycles. The lowest BCUT2D eigenvalue weighted by molar-refractivity contribution is 0.274. The highest BCUT2D eigenvalue weighted by Crippen LogP contribution is 1.91. The molecule has 1 saturated heterocycles. The van der Waals surface area contributed by atoms with Gasteiger partial charge in [-0.05, 0) is 0 Å². The van der Waals surface area contributed by atoms with E-state index in [1.807, 2.05) is 0 Å². The van der Waals surface area contributed by atoms with Gasteiger partial charge in [0.1, 0.15) is 0 Å². The highest BCUT2D eigenvalue weighted by Gasteiger charge is 2.12. The third-order valence-corrected chi connectivity index (χ3v) is 14.0. The highest BCUT2D eigenvalue weighted by molar-refractivity contribution is 7.17. The average Bonchev–Trinajstić information content (AvgIpc) is 1.84. The van der Waals surface area contributed by atoms with Crippen LogP contribution >= 0.6 is 0 Å². The van der Waals surface area contributed by atoms with Crippen LogP contribution in [0.3, 0.4) is 0 Å². The molecular weight excluding hydrogens is 192 g/mol. The Morgan fingerprint density at radius 2 is 1.10 bits per heavy atom. The molecule has 0 atom stereocenters. The second-order valence-electron chi connectivity index (χ2n) is 2.78. The molecule has 0 amide bonds. The number of carbonyl (C=O) groups is 2. The van der Waals surface area contributed by atoms with Crippen LogP contribution in [0.25, 0.3) is 0 Å². The summed E-state index contributed by atoms with van der Waals surface area (Å²) in [6.07, 6.45) is 0. The lowest BCUT2D eigenvalue weighted by Crippen LogP contribution is -2.28. The van der Waals surface area contributed by atoms with Gasteiger partial charge in [0.15, 0.2) is 0 Å². The van der Waals surface area contributed by atoms with Gasteiger partial charge in [0.2, 0.25) is 0 Å². The van der Waals surface area contributed by atoms with E-state index in [1.54, 1.807) is 0 Å². The van der Waals surface area contributed by atoms with Gasteiger partial charge in [0.25, 0.3) is 0 Å². The van der Waals surface area contributed by atoms with Crippen molar-refractivity contribution in [1.82, 2.24) is 0 Å². The van der Waals surface area contributed by atoms with E-state index in [4.69, 9.17) is 0 Å². The minimum Gasteiger partial charge on any atom is -0.312 e. The Hall–Kier alpha value is 0.208. The maximum atomic E-state index is 11.0. The molecule has 1 fully saturated rings. The second-order valence-corrected chi connectivity index (χ2v) is 15.6. The zero-order valence-corrected chi connectivity index (χ0v) is 11.7. The van der Waals surface area contributed by atoms with Crippen molar-refractivity contribution in [3.05, 3.63) is 0 Å². The summed E-state index contributed by atoms with van der Waals surface area (Å²) in [6.45, 7) is 0. The predicted octanol–water partition coefficient (Wildman–Crippen LogP) is -2.33. The Balaban J connectivity index is 2.34. The summed E-state index contributed by atoms with van der Waals surface area (Å²) in [5.41, 5.74) is 2.25. The Labute approximate surface area is 69.4 Å². The van der Waals surface area contributed by atoms with Crippen molar-refractivity contribution in [3.63, 3.8) is 0 Å². The molecule has 0 aliphatic carbocycles. The fourth-order valence-corrected chi connectivity index (χ4v) is 19.9.